The molecule has 1 aromatic carbocycles. The third-order valence-electron chi connectivity index (χ3n) is 4.31. The van der Waals surface area contributed by atoms with Crippen LogP contribution in [0.5, 0.6) is 0 Å². The lowest BCUT2D eigenvalue weighted by Crippen LogP contribution is -2.50. The smallest absolute Gasteiger partial charge is 0.0446 e. The van der Waals surface area contributed by atoms with Gasteiger partial charge in [-0.05, 0) is 36.2 Å². The Balaban J connectivity index is 1.83. The normalized spacial score (nSPS) is 24.8. The first-order valence-corrected chi connectivity index (χ1v) is 7.42. The van der Waals surface area contributed by atoms with Crippen LogP contribution in [-0.2, 0) is 0 Å². The number of benzene rings is 1. The van der Waals surface area contributed by atoms with Gasteiger partial charge in [0.2, 0.25) is 0 Å². The van der Waals surface area contributed by atoms with Gasteiger partial charge in [-0.1, -0.05) is 51.1 Å². The fourth-order valence-corrected chi connectivity index (χ4v) is 2.93. The van der Waals surface area contributed by atoms with Crippen LogP contribution in [0.2, 0.25) is 0 Å². The molecular weight excluding hydrogens is 234 g/mol. The second kappa shape index (κ2) is 6.06. The molecule has 106 valence electrons. The van der Waals surface area contributed by atoms with Crippen molar-refractivity contribution in [1.82, 2.24) is 5.32 Å². The summed E-state index contributed by atoms with van der Waals surface area (Å²) in [6, 6.07) is 11.8. The Labute approximate surface area is 117 Å². The van der Waals surface area contributed by atoms with Gasteiger partial charge in [0.05, 0.1) is 0 Å². The van der Waals surface area contributed by atoms with E-state index in [1.807, 2.05) is 0 Å². The largest absolute Gasteiger partial charge is 0.396 e. The molecule has 1 aliphatic rings. The van der Waals surface area contributed by atoms with E-state index in [-0.39, 0.29) is 12.0 Å². The molecule has 0 saturated heterocycles. The lowest BCUT2D eigenvalue weighted by Gasteiger charge is -2.42. The fraction of sp³-hybridized carbons (Fsp3) is 0.647. The van der Waals surface area contributed by atoms with Gasteiger partial charge >= 0.3 is 0 Å². The summed E-state index contributed by atoms with van der Waals surface area (Å²) in [5.41, 5.74) is 1.68. The Bertz CT molecular complexity index is 376. The summed E-state index contributed by atoms with van der Waals surface area (Å²) in [5.74, 6) is 0.716. The molecule has 0 heterocycles. The molecule has 0 amide bonds. The van der Waals surface area contributed by atoms with Gasteiger partial charge in [0.25, 0.3) is 0 Å². The Morgan fingerprint density at radius 2 is 1.84 bits per heavy atom. The minimum Gasteiger partial charge on any atom is -0.396 e. The monoisotopic (exact) mass is 261 g/mol. The second-order valence-corrected chi connectivity index (χ2v) is 6.87. The number of hydrogen-bond donors (Lipinski definition) is 2. The predicted octanol–water partition coefficient (Wildman–Crippen LogP) is 3.32. The van der Waals surface area contributed by atoms with E-state index in [9.17, 15) is 5.11 Å². The van der Waals surface area contributed by atoms with Gasteiger partial charge in [-0.25, -0.2) is 0 Å². The first-order valence-electron chi connectivity index (χ1n) is 7.42. The Morgan fingerprint density at radius 1 is 1.21 bits per heavy atom. The van der Waals surface area contributed by atoms with E-state index in [1.54, 1.807) is 0 Å². The third-order valence-corrected chi connectivity index (χ3v) is 4.31. The molecule has 1 fully saturated rings. The average Bonchev–Trinajstić information content (AvgIpc) is 2.31. The summed E-state index contributed by atoms with van der Waals surface area (Å²) >= 11 is 0. The summed E-state index contributed by atoms with van der Waals surface area (Å²) in [4.78, 5) is 0. The number of nitrogens with one attached hydrogen (secondary N) is 1. The van der Waals surface area contributed by atoms with Crippen LogP contribution in [0.25, 0.3) is 0 Å². The van der Waals surface area contributed by atoms with Crippen molar-refractivity contribution in [2.75, 3.05) is 6.61 Å². The van der Waals surface area contributed by atoms with E-state index in [0.29, 0.717) is 18.0 Å². The molecule has 2 nitrogen and oxygen atoms in total. The van der Waals surface area contributed by atoms with Crippen LogP contribution in [0.4, 0.5) is 0 Å². The summed E-state index contributed by atoms with van der Waals surface area (Å²) in [6.07, 6.45) is 3.29. The number of rotatable bonds is 5. The van der Waals surface area contributed by atoms with Crippen LogP contribution >= 0.6 is 0 Å². The quantitative estimate of drug-likeness (QED) is 0.852. The van der Waals surface area contributed by atoms with Gasteiger partial charge in [0.1, 0.15) is 0 Å². The molecule has 2 heteroatoms. The highest BCUT2D eigenvalue weighted by Gasteiger charge is 2.34. The van der Waals surface area contributed by atoms with Crippen LogP contribution in [0.3, 0.4) is 0 Å². The third kappa shape index (κ3) is 3.80. The van der Waals surface area contributed by atoms with Crippen molar-refractivity contribution >= 4 is 0 Å². The standard InChI is InChI=1S/C17H27NO/c1-17(2,3)16(9-10-19)18-15-11-14(12-15)13-7-5-4-6-8-13/h4-8,14-16,18-19H,9-12H2,1-3H3. The summed E-state index contributed by atoms with van der Waals surface area (Å²) in [7, 11) is 0. The molecule has 0 spiro atoms. The minimum atomic E-state index is 0.209. The molecule has 1 saturated carbocycles. The van der Waals surface area contributed by atoms with Gasteiger partial charge in [-0.2, -0.15) is 0 Å². The Hall–Kier alpha value is -0.860. The average molecular weight is 261 g/mol. The minimum absolute atomic E-state index is 0.209. The van der Waals surface area contributed by atoms with Crippen LogP contribution < -0.4 is 5.32 Å². The highest BCUT2D eigenvalue weighted by molar-refractivity contribution is 5.22. The lowest BCUT2D eigenvalue weighted by atomic mass is 9.74. The first-order chi connectivity index (χ1) is 9.00. The molecule has 1 atom stereocenters. The second-order valence-electron chi connectivity index (χ2n) is 6.87. The van der Waals surface area contributed by atoms with Gasteiger partial charge in [0, 0.05) is 18.7 Å². The van der Waals surface area contributed by atoms with Gasteiger partial charge in [0.15, 0.2) is 0 Å². The van der Waals surface area contributed by atoms with Gasteiger partial charge < -0.3 is 10.4 Å². The SMILES string of the molecule is CC(C)(C)C(CCO)NC1CC(c2ccccc2)C1. The van der Waals surface area contributed by atoms with E-state index in [2.05, 4.69) is 56.4 Å². The Morgan fingerprint density at radius 3 is 2.37 bits per heavy atom. The lowest BCUT2D eigenvalue weighted by molar-refractivity contribution is 0.157. The maximum Gasteiger partial charge on any atom is 0.0446 e. The first kappa shape index (κ1) is 14.5. The molecule has 1 aromatic rings. The molecular formula is C17H27NO. The predicted molar refractivity (Wildman–Crippen MR) is 80.3 cm³/mol. The van der Waals surface area contributed by atoms with E-state index < -0.39 is 0 Å². The summed E-state index contributed by atoms with van der Waals surface area (Å²) in [5, 5.41) is 12.9. The molecule has 0 radical (unpaired) electrons. The van der Waals surface area contributed by atoms with Crippen molar-refractivity contribution in [3.05, 3.63) is 35.9 Å². The van der Waals surface area contributed by atoms with Crippen molar-refractivity contribution in [1.29, 1.82) is 0 Å². The molecule has 19 heavy (non-hydrogen) atoms. The van der Waals surface area contributed by atoms with Crippen LogP contribution in [0.1, 0.15) is 51.5 Å². The molecule has 0 aromatic heterocycles. The van der Waals surface area contributed by atoms with Gasteiger partial charge in [-0.15, -0.1) is 0 Å². The van der Waals surface area contributed by atoms with E-state index in [4.69, 9.17) is 0 Å². The van der Waals surface area contributed by atoms with Gasteiger partial charge in [-0.3, -0.25) is 0 Å². The van der Waals surface area contributed by atoms with Crippen molar-refractivity contribution in [2.45, 2.75) is 58.0 Å². The molecule has 0 bridgehead atoms. The highest BCUT2D eigenvalue weighted by atomic mass is 16.3. The Kier molecular flexibility index (Phi) is 4.64. The number of aliphatic hydroxyl groups is 1. The van der Waals surface area contributed by atoms with E-state index >= 15 is 0 Å². The molecule has 2 rings (SSSR count). The van der Waals surface area contributed by atoms with Crippen LogP contribution in [-0.4, -0.2) is 23.8 Å². The van der Waals surface area contributed by atoms with E-state index in [0.717, 1.165) is 6.42 Å². The molecule has 1 aliphatic carbocycles. The number of aliphatic hydroxyl groups excluding tert-OH is 1. The van der Waals surface area contributed by atoms with Crippen LogP contribution in [0.15, 0.2) is 30.3 Å². The topological polar surface area (TPSA) is 32.3 Å². The zero-order chi connectivity index (χ0) is 13.9. The molecule has 2 N–H and O–H groups in total. The van der Waals surface area contributed by atoms with Crippen molar-refractivity contribution in [2.24, 2.45) is 5.41 Å². The van der Waals surface area contributed by atoms with Crippen LogP contribution in [0, 0.1) is 5.41 Å². The molecule has 0 aliphatic heterocycles. The maximum atomic E-state index is 9.19. The van der Waals surface area contributed by atoms with Crippen molar-refractivity contribution < 1.29 is 5.11 Å². The zero-order valence-electron chi connectivity index (χ0n) is 12.4. The zero-order valence-corrected chi connectivity index (χ0v) is 12.4. The summed E-state index contributed by atoms with van der Waals surface area (Å²) in [6.45, 7) is 7.00. The van der Waals surface area contributed by atoms with Crippen molar-refractivity contribution in [3.63, 3.8) is 0 Å². The maximum absolute atomic E-state index is 9.19. The fourth-order valence-electron chi connectivity index (χ4n) is 2.93. The summed E-state index contributed by atoms with van der Waals surface area (Å²) < 4.78 is 0. The van der Waals surface area contributed by atoms with E-state index in [1.165, 1.54) is 18.4 Å². The van der Waals surface area contributed by atoms with Crippen molar-refractivity contribution in [3.8, 4) is 0 Å². The number of hydrogen-bond acceptors (Lipinski definition) is 2. The highest BCUT2D eigenvalue weighted by Crippen LogP contribution is 2.38. The molecule has 1 unspecified atom stereocenters.